The molecule has 1 aromatic heterocycles. The summed E-state index contributed by atoms with van der Waals surface area (Å²) in [5, 5.41) is 3.95. The summed E-state index contributed by atoms with van der Waals surface area (Å²) in [6.45, 7) is 5.66. The van der Waals surface area contributed by atoms with Crippen LogP contribution in [0.4, 0.5) is 5.82 Å². The van der Waals surface area contributed by atoms with Crippen molar-refractivity contribution in [2.24, 2.45) is 0 Å². The molecule has 1 N–H and O–H groups in total. The van der Waals surface area contributed by atoms with Gasteiger partial charge in [-0.2, -0.15) is 0 Å². The number of pyridine rings is 1. The van der Waals surface area contributed by atoms with E-state index in [-0.39, 0.29) is 0 Å². The van der Waals surface area contributed by atoms with Crippen molar-refractivity contribution in [1.82, 2.24) is 4.98 Å². The van der Waals surface area contributed by atoms with Gasteiger partial charge >= 0.3 is 0 Å². The van der Waals surface area contributed by atoms with E-state index in [1.807, 2.05) is 48.5 Å². The van der Waals surface area contributed by atoms with Crippen molar-refractivity contribution in [3.63, 3.8) is 0 Å². The highest BCUT2D eigenvalue weighted by Crippen LogP contribution is 2.24. The first-order chi connectivity index (χ1) is 13.1. The SMILES string of the molecule is Cc1ccc(OCCOc2ccc(Cl)cc2CNc2ccccn2)cc1C. The van der Waals surface area contributed by atoms with E-state index >= 15 is 0 Å². The molecule has 5 heteroatoms. The van der Waals surface area contributed by atoms with Gasteiger partial charge in [0.15, 0.2) is 0 Å². The normalized spacial score (nSPS) is 10.5. The average molecular weight is 383 g/mol. The molecule has 0 aliphatic heterocycles. The van der Waals surface area contributed by atoms with E-state index < -0.39 is 0 Å². The Morgan fingerprint density at radius 3 is 2.56 bits per heavy atom. The molecule has 0 radical (unpaired) electrons. The van der Waals surface area contributed by atoms with Crippen molar-refractivity contribution < 1.29 is 9.47 Å². The number of aryl methyl sites for hydroxylation is 2. The van der Waals surface area contributed by atoms with Crippen LogP contribution < -0.4 is 14.8 Å². The molecule has 140 valence electrons. The van der Waals surface area contributed by atoms with Gasteiger partial charge in [0.1, 0.15) is 30.5 Å². The van der Waals surface area contributed by atoms with Crippen molar-refractivity contribution in [2.75, 3.05) is 18.5 Å². The highest BCUT2D eigenvalue weighted by atomic mass is 35.5. The summed E-state index contributed by atoms with van der Waals surface area (Å²) in [6, 6.07) is 17.4. The maximum Gasteiger partial charge on any atom is 0.126 e. The quantitative estimate of drug-likeness (QED) is 0.528. The smallest absolute Gasteiger partial charge is 0.126 e. The van der Waals surface area contributed by atoms with Gasteiger partial charge in [0.25, 0.3) is 0 Å². The predicted molar refractivity (Wildman–Crippen MR) is 110 cm³/mol. The van der Waals surface area contributed by atoms with Gasteiger partial charge in [0, 0.05) is 23.3 Å². The number of benzene rings is 2. The lowest BCUT2D eigenvalue weighted by Gasteiger charge is -2.14. The number of nitrogens with zero attached hydrogens (tertiary/aromatic N) is 1. The fourth-order valence-corrected chi connectivity index (χ4v) is 2.79. The lowest BCUT2D eigenvalue weighted by Crippen LogP contribution is -2.11. The number of ether oxygens (including phenoxy) is 2. The molecule has 0 aliphatic carbocycles. The highest BCUT2D eigenvalue weighted by molar-refractivity contribution is 6.30. The zero-order valence-corrected chi connectivity index (χ0v) is 16.3. The Morgan fingerprint density at radius 2 is 1.78 bits per heavy atom. The second-order valence-corrected chi connectivity index (χ2v) is 6.70. The zero-order valence-electron chi connectivity index (χ0n) is 15.5. The highest BCUT2D eigenvalue weighted by Gasteiger charge is 2.06. The largest absolute Gasteiger partial charge is 0.490 e. The fourth-order valence-electron chi connectivity index (χ4n) is 2.59. The van der Waals surface area contributed by atoms with Gasteiger partial charge in [-0.15, -0.1) is 0 Å². The predicted octanol–water partition coefficient (Wildman–Crippen LogP) is 5.42. The lowest BCUT2D eigenvalue weighted by atomic mass is 10.1. The Morgan fingerprint density at radius 1 is 0.926 bits per heavy atom. The molecular formula is C22H23ClN2O2. The third-order valence-corrected chi connectivity index (χ3v) is 4.47. The molecule has 27 heavy (non-hydrogen) atoms. The summed E-state index contributed by atoms with van der Waals surface area (Å²) in [4.78, 5) is 4.26. The summed E-state index contributed by atoms with van der Waals surface area (Å²) in [5.41, 5.74) is 3.44. The van der Waals surface area contributed by atoms with Crippen molar-refractivity contribution >= 4 is 17.4 Å². The zero-order chi connectivity index (χ0) is 19.1. The number of nitrogens with one attached hydrogen (secondary N) is 1. The number of hydrogen-bond donors (Lipinski definition) is 1. The van der Waals surface area contributed by atoms with Gasteiger partial charge in [0.2, 0.25) is 0 Å². The molecule has 4 nitrogen and oxygen atoms in total. The molecule has 0 atom stereocenters. The molecule has 3 aromatic rings. The molecule has 0 bridgehead atoms. The van der Waals surface area contributed by atoms with Crippen LogP contribution in [0.2, 0.25) is 5.02 Å². The first-order valence-corrected chi connectivity index (χ1v) is 9.26. The van der Waals surface area contributed by atoms with E-state index in [1.54, 1.807) is 6.20 Å². The molecule has 0 aliphatic rings. The standard InChI is InChI=1S/C22H23ClN2O2/c1-16-6-8-20(13-17(16)2)26-11-12-27-21-9-7-19(23)14-18(21)15-25-22-5-3-4-10-24-22/h3-10,13-14H,11-12,15H2,1-2H3,(H,24,25). The summed E-state index contributed by atoms with van der Waals surface area (Å²) in [7, 11) is 0. The lowest BCUT2D eigenvalue weighted by molar-refractivity contribution is 0.216. The van der Waals surface area contributed by atoms with Crippen LogP contribution in [-0.4, -0.2) is 18.2 Å². The first kappa shape index (κ1) is 19.1. The second kappa shape index (κ2) is 9.28. The van der Waals surface area contributed by atoms with Crippen molar-refractivity contribution in [3.8, 4) is 11.5 Å². The summed E-state index contributed by atoms with van der Waals surface area (Å²) < 4.78 is 11.7. The Balaban J connectivity index is 1.55. The Hall–Kier alpha value is -2.72. The third-order valence-electron chi connectivity index (χ3n) is 4.24. The molecule has 3 rings (SSSR count). The van der Waals surface area contributed by atoms with Crippen LogP contribution in [0.1, 0.15) is 16.7 Å². The van der Waals surface area contributed by atoms with E-state index in [0.717, 1.165) is 22.9 Å². The van der Waals surface area contributed by atoms with Crippen LogP contribution in [0, 0.1) is 13.8 Å². The maximum absolute atomic E-state index is 6.14. The van der Waals surface area contributed by atoms with E-state index in [4.69, 9.17) is 21.1 Å². The van der Waals surface area contributed by atoms with E-state index in [1.165, 1.54) is 11.1 Å². The van der Waals surface area contributed by atoms with Crippen LogP contribution >= 0.6 is 11.6 Å². The van der Waals surface area contributed by atoms with Crippen molar-refractivity contribution in [2.45, 2.75) is 20.4 Å². The van der Waals surface area contributed by atoms with Crippen LogP contribution in [0.25, 0.3) is 0 Å². The summed E-state index contributed by atoms with van der Waals surface area (Å²) in [6.07, 6.45) is 1.75. The van der Waals surface area contributed by atoms with Gasteiger partial charge in [-0.3, -0.25) is 0 Å². The van der Waals surface area contributed by atoms with Crippen molar-refractivity contribution in [3.05, 3.63) is 82.5 Å². The van der Waals surface area contributed by atoms with Gasteiger partial charge in [-0.05, 0) is 67.4 Å². The average Bonchev–Trinajstić information content (AvgIpc) is 2.68. The van der Waals surface area contributed by atoms with E-state index in [9.17, 15) is 0 Å². The van der Waals surface area contributed by atoms with E-state index in [2.05, 4.69) is 30.2 Å². The number of aromatic nitrogens is 1. The number of anilines is 1. The van der Waals surface area contributed by atoms with Crippen LogP contribution in [-0.2, 0) is 6.54 Å². The Bertz CT molecular complexity index is 885. The molecule has 0 unspecified atom stereocenters. The Kier molecular flexibility index (Phi) is 6.55. The van der Waals surface area contributed by atoms with Crippen molar-refractivity contribution in [1.29, 1.82) is 0 Å². The number of rotatable bonds is 8. The minimum atomic E-state index is 0.450. The van der Waals surface area contributed by atoms with Gasteiger partial charge in [-0.25, -0.2) is 4.98 Å². The summed E-state index contributed by atoms with van der Waals surface area (Å²) >= 11 is 6.14. The third kappa shape index (κ3) is 5.63. The molecule has 1 heterocycles. The van der Waals surface area contributed by atoms with Crippen LogP contribution in [0.5, 0.6) is 11.5 Å². The summed E-state index contributed by atoms with van der Waals surface area (Å²) in [5.74, 6) is 2.45. The van der Waals surface area contributed by atoms with Gasteiger partial charge in [-0.1, -0.05) is 23.7 Å². The minimum Gasteiger partial charge on any atom is -0.490 e. The van der Waals surface area contributed by atoms with E-state index in [0.29, 0.717) is 24.8 Å². The maximum atomic E-state index is 6.14. The first-order valence-electron chi connectivity index (χ1n) is 8.88. The number of halogens is 1. The fraction of sp³-hybridized carbons (Fsp3) is 0.227. The molecule has 0 spiro atoms. The molecule has 0 saturated heterocycles. The minimum absolute atomic E-state index is 0.450. The monoisotopic (exact) mass is 382 g/mol. The van der Waals surface area contributed by atoms with Crippen LogP contribution in [0.3, 0.4) is 0 Å². The molecule has 0 amide bonds. The Labute approximate surface area is 165 Å². The number of hydrogen-bond acceptors (Lipinski definition) is 4. The molecule has 0 fully saturated rings. The van der Waals surface area contributed by atoms with Gasteiger partial charge in [0.05, 0.1) is 0 Å². The van der Waals surface area contributed by atoms with Gasteiger partial charge < -0.3 is 14.8 Å². The molecular weight excluding hydrogens is 360 g/mol. The topological polar surface area (TPSA) is 43.4 Å². The molecule has 2 aromatic carbocycles. The molecule has 0 saturated carbocycles. The van der Waals surface area contributed by atoms with Crippen LogP contribution in [0.15, 0.2) is 60.8 Å². The second-order valence-electron chi connectivity index (χ2n) is 6.26.